The van der Waals surface area contributed by atoms with Gasteiger partial charge in [0.15, 0.2) is 0 Å². The topological polar surface area (TPSA) is 20.3 Å². The zero-order valence-corrected chi connectivity index (χ0v) is 12.9. The van der Waals surface area contributed by atoms with E-state index < -0.39 is 5.82 Å². The largest absolute Gasteiger partial charge is 0.303 e. The molecule has 0 atom stereocenters. The van der Waals surface area contributed by atoms with Crippen molar-refractivity contribution in [1.29, 1.82) is 0 Å². The summed E-state index contributed by atoms with van der Waals surface area (Å²) in [6, 6.07) is 15.0. The smallest absolute Gasteiger partial charge is 0.258 e. The van der Waals surface area contributed by atoms with E-state index in [2.05, 4.69) is 0 Å². The number of hydrogen-bond donors (Lipinski definition) is 0. The maximum Gasteiger partial charge on any atom is 0.258 e. The Balaban J connectivity index is 1.95. The van der Waals surface area contributed by atoms with E-state index in [0.717, 1.165) is 4.88 Å². The molecule has 0 bridgehead atoms. The molecule has 0 N–H and O–H groups in total. The zero-order valence-electron chi connectivity index (χ0n) is 12.1. The minimum absolute atomic E-state index is 0.259. The van der Waals surface area contributed by atoms with Crippen molar-refractivity contribution in [1.82, 2.24) is 0 Å². The van der Waals surface area contributed by atoms with Crippen LogP contribution in [-0.4, -0.2) is 5.91 Å². The first-order chi connectivity index (χ1) is 11.1. The third-order valence-electron chi connectivity index (χ3n) is 3.37. The molecule has 0 unspecified atom stereocenters. The van der Waals surface area contributed by atoms with Gasteiger partial charge in [-0.05, 0) is 60.0 Å². The van der Waals surface area contributed by atoms with Gasteiger partial charge in [-0.2, -0.15) is 0 Å². The van der Waals surface area contributed by atoms with Crippen LogP contribution in [0.3, 0.4) is 0 Å². The second-order valence-corrected chi connectivity index (χ2v) is 5.99. The van der Waals surface area contributed by atoms with E-state index in [0.29, 0.717) is 17.8 Å². The second-order valence-electron chi connectivity index (χ2n) is 4.95. The van der Waals surface area contributed by atoms with Crippen molar-refractivity contribution < 1.29 is 13.6 Å². The summed E-state index contributed by atoms with van der Waals surface area (Å²) < 4.78 is 26.2. The lowest BCUT2D eigenvalue weighted by Crippen LogP contribution is -2.30. The van der Waals surface area contributed by atoms with Gasteiger partial charge in [0.2, 0.25) is 0 Å². The first kappa shape index (κ1) is 15.4. The molecule has 0 saturated carbocycles. The standard InChI is InChI=1S/C18H13F2NOS/c19-14-5-3-13(4-6-14)18(22)21(12-17-2-1-11-23-17)16-9-7-15(20)8-10-16/h1-11H,12H2. The molecule has 3 rings (SSSR count). The van der Waals surface area contributed by atoms with Crippen molar-refractivity contribution in [2.24, 2.45) is 0 Å². The van der Waals surface area contributed by atoms with Gasteiger partial charge >= 0.3 is 0 Å². The van der Waals surface area contributed by atoms with Crippen LogP contribution in [0.1, 0.15) is 15.2 Å². The fourth-order valence-electron chi connectivity index (χ4n) is 2.21. The Morgan fingerprint density at radius 3 is 2.09 bits per heavy atom. The predicted octanol–water partition coefficient (Wildman–Crippen LogP) is 4.87. The van der Waals surface area contributed by atoms with Crippen LogP contribution in [0.2, 0.25) is 0 Å². The van der Waals surface area contributed by atoms with Crippen LogP contribution >= 0.6 is 11.3 Å². The van der Waals surface area contributed by atoms with Crippen molar-refractivity contribution in [3.05, 3.63) is 88.1 Å². The lowest BCUT2D eigenvalue weighted by Gasteiger charge is -2.22. The molecule has 0 aliphatic rings. The zero-order chi connectivity index (χ0) is 16.2. The quantitative estimate of drug-likeness (QED) is 0.668. The number of carbonyl (C=O) groups excluding carboxylic acids is 1. The molecule has 0 spiro atoms. The highest BCUT2D eigenvalue weighted by molar-refractivity contribution is 7.09. The summed E-state index contributed by atoms with van der Waals surface area (Å²) in [6.45, 7) is 0.375. The lowest BCUT2D eigenvalue weighted by molar-refractivity contribution is 0.0985. The first-order valence-electron chi connectivity index (χ1n) is 6.99. The average molecular weight is 329 g/mol. The molecule has 1 amide bonds. The van der Waals surface area contributed by atoms with Crippen molar-refractivity contribution in [3.63, 3.8) is 0 Å². The second kappa shape index (κ2) is 6.71. The number of anilines is 1. The predicted molar refractivity (Wildman–Crippen MR) is 87.6 cm³/mol. The van der Waals surface area contributed by atoms with E-state index >= 15 is 0 Å². The summed E-state index contributed by atoms with van der Waals surface area (Å²) in [6.07, 6.45) is 0. The number of halogens is 2. The summed E-state index contributed by atoms with van der Waals surface area (Å²) in [5.41, 5.74) is 0.974. The van der Waals surface area contributed by atoms with Gasteiger partial charge < -0.3 is 4.90 Å². The van der Waals surface area contributed by atoms with Gasteiger partial charge in [-0.15, -0.1) is 11.3 Å². The Labute approximate surface area is 136 Å². The van der Waals surface area contributed by atoms with Gasteiger partial charge in [0.05, 0.1) is 6.54 Å². The number of hydrogen-bond acceptors (Lipinski definition) is 2. The van der Waals surface area contributed by atoms with Crippen molar-refractivity contribution in [3.8, 4) is 0 Å². The van der Waals surface area contributed by atoms with E-state index in [1.165, 1.54) is 47.7 Å². The van der Waals surface area contributed by atoms with Crippen molar-refractivity contribution >= 4 is 22.9 Å². The fourth-order valence-corrected chi connectivity index (χ4v) is 2.90. The number of amides is 1. The summed E-state index contributed by atoms with van der Waals surface area (Å²) in [4.78, 5) is 15.3. The van der Waals surface area contributed by atoms with Gasteiger partial charge in [-0.25, -0.2) is 8.78 Å². The Morgan fingerprint density at radius 1 is 0.913 bits per heavy atom. The number of rotatable bonds is 4. The Kier molecular flexibility index (Phi) is 4.48. The molecule has 3 aromatic rings. The van der Waals surface area contributed by atoms with E-state index in [4.69, 9.17) is 0 Å². The maximum absolute atomic E-state index is 13.2. The van der Waals surface area contributed by atoms with Gasteiger partial charge in [0, 0.05) is 16.1 Å². The van der Waals surface area contributed by atoms with E-state index in [1.807, 2.05) is 17.5 Å². The summed E-state index contributed by atoms with van der Waals surface area (Å²) in [7, 11) is 0. The number of benzene rings is 2. The van der Waals surface area contributed by atoms with Crippen LogP contribution in [-0.2, 0) is 6.54 Å². The number of thiophene rings is 1. The summed E-state index contributed by atoms with van der Waals surface area (Å²) >= 11 is 1.54. The van der Waals surface area contributed by atoms with E-state index in [-0.39, 0.29) is 11.7 Å². The number of carbonyl (C=O) groups is 1. The molecule has 0 saturated heterocycles. The molecule has 5 heteroatoms. The van der Waals surface area contributed by atoms with E-state index in [9.17, 15) is 13.6 Å². The average Bonchev–Trinajstić information content (AvgIpc) is 3.07. The molecule has 2 nitrogen and oxygen atoms in total. The molecule has 1 heterocycles. The van der Waals surface area contributed by atoms with Crippen molar-refractivity contribution in [2.45, 2.75) is 6.54 Å². The minimum atomic E-state index is -0.395. The highest BCUT2D eigenvalue weighted by atomic mass is 32.1. The molecule has 2 aromatic carbocycles. The van der Waals surface area contributed by atoms with Gasteiger partial charge in [-0.3, -0.25) is 4.79 Å². The maximum atomic E-state index is 13.2. The molecule has 116 valence electrons. The molecule has 1 aromatic heterocycles. The van der Waals surface area contributed by atoms with Crippen LogP contribution in [0.15, 0.2) is 66.0 Å². The summed E-state index contributed by atoms with van der Waals surface area (Å²) in [5.74, 6) is -1.02. The van der Waals surface area contributed by atoms with E-state index in [1.54, 1.807) is 17.0 Å². The minimum Gasteiger partial charge on any atom is -0.303 e. The number of nitrogens with zero attached hydrogens (tertiary/aromatic N) is 1. The van der Waals surface area contributed by atoms with Crippen LogP contribution < -0.4 is 4.90 Å². The fraction of sp³-hybridized carbons (Fsp3) is 0.0556. The van der Waals surface area contributed by atoms with Crippen molar-refractivity contribution in [2.75, 3.05) is 4.90 Å². The highest BCUT2D eigenvalue weighted by Crippen LogP contribution is 2.22. The third-order valence-corrected chi connectivity index (χ3v) is 4.23. The molecule has 0 radical (unpaired) electrons. The normalized spacial score (nSPS) is 10.5. The van der Waals surface area contributed by atoms with Crippen LogP contribution in [0.4, 0.5) is 14.5 Å². The molecular formula is C18H13F2NOS. The Morgan fingerprint density at radius 2 is 1.52 bits per heavy atom. The molecule has 23 heavy (non-hydrogen) atoms. The molecule has 0 aliphatic heterocycles. The molecule has 0 aliphatic carbocycles. The van der Waals surface area contributed by atoms with Gasteiger partial charge in [-0.1, -0.05) is 6.07 Å². The molecule has 0 fully saturated rings. The summed E-state index contributed by atoms with van der Waals surface area (Å²) in [5, 5.41) is 1.93. The highest BCUT2D eigenvalue weighted by Gasteiger charge is 2.18. The monoisotopic (exact) mass is 329 g/mol. The van der Waals surface area contributed by atoms with Gasteiger partial charge in [0.25, 0.3) is 5.91 Å². The van der Waals surface area contributed by atoms with Crippen LogP contribution in [0, 0.1) is 11.6 Å². The Bertz CT molecular complexity index is 783. The lowest BCUT2D eigenvalue weighted by atomic mass is 10.1. The van der Waals surface area contributed by atoms with Crippen LogP contribution in [0.5, 0.6) is 0 Å². The van der Waals surface area contributed by atoms with Gasteiger partial charge in [0.1, 0.15) is 11.6 Å². The third kappa shape index (κ3) is 3.63. The SMILES string of the molecule is O=C(c1ccc(F)cc1)N(Cc1cccs1)c1ccc(F)cc1. The van der Waals surface area contributed by atoms with Crippen LogP contribution in [0.25, 0.3) is 0 Å². The first-order valence-corrected chi connectivity index (χ1v) is 7.87. The molecular weight excluding hydrogens is 316 g/mol. The Hall–Kier alpha value is -2.53.